The molecule has 1 saturated carbocycles. The van der Waals surface area contributed by atoms with Gasteiger partial charge in [0, 0.05) is 5.92 Å². The number of nitrogens with zero attached hydrogens (tertiary/aromatic N) is 2. The maximum atomic E-state index is 9.45. The Morgan fingerprint density at radius 3 is 2.56 bits per heavy atom. The van der Waals surface area contributed by atoms with Crippen LogP contribution >= 0.6 is 11.3 Å². The third-order valence-corrected chi connectivity index (χ3v) is 5.45. The summed E-state index contributed by atoms with van der Waals surface area (Å²) in [5.41, 5.74) is 0.474. The Kier molecular flexibility index (Phi) is 4.07. The van der Waals surface area contributed by atoms with Crippen molar-refractivity contribution < 1.29 is 5.11 Å². The smallest absolute Gasteiger partial charge is 0.145 e. The first-order valence-corrected chi connectivity index (χ1v) is 7.74. The number of rotatable bonds is 5. The van der Waals surface area contributed by atoms with Crippen LogP contribution in [0, 0.1) is 11.3 Å². The van der Waals surface area contributed by atoms with Gasteiger partial charge in [-0.05, 0) is 37.5 Å². The summed E-state index contributed by atoms with van der Waals surface area (Å²) in [5.74, 6) is 1.44. The highest BCUT2D eigenvalue weighted by atomic mass is 32.1. The molecular weight excluding hydrogens is 244 g/mol. The molecule has 2 rings (SSSR count). The molecule has 0 saturated heterocycles. The van der Waals surface area contributed by atoms with Crippen LogP contribution in [-0.4, -0.2) is 15.3 Å². The molecular formula is C14H24N2OS. The highest BCUT2D eigenvalue weighted by molar-refractivity contribution is 7.11. The summed E-state index contributed by atoms with van der Waals surface area (Å²) >= 11 is 1.58. The summed E-state index contributed by atoms with van der Waals surface area (Å²) < 4.78 is 0. The molecule has 18 heavy (non-hydrogen) atoms. The molecule has 1 aliphatic carbocycles. The van der Waals surface area contributed by atoms with Crippen LogP contribution < -0.4 is 0 Å². The van der Waals surface area contributed by atoms with Gasteiger partial charge in [0.25, 0.3) is 0 Å². The number of hydrogen-bond donors (Lipinski definition) is 1. The lowest BCUT2D eigenvalue weighted by Gasteiger charge is -2.38. The summed E-state index contributed by atoms with van der Waals surface area (Å²) in [6.45, 7) is 8.74. The summed E-state index contributed by atoms with van der Waals surface area (Å²) in [7, 11) is 0. The Hall–Kier alpha value is -0.480. The van der Waals surface area contributed by atoms with Crippen molar-refractivity contribution >= 4 is 11.3 Å². The number of aromatic nitrogens is 2. The van der Waals surface area contributed by atoms with Crippen molar-refractivity contribution in [1.82, 2.24) is 10.2 Å². The SMILES string of the molecule is CCC(C)(C)CC1CC(c2nnc([C@H](C)O)s2)C1. The van der Waals surface area contributed by atoms with Gasteiger partial charge in [-0.3, -0.25) is 0 Å². The van der Waals surface area contributed by atoms with Gasteiger partial charge >= 0.3 is 0 Å². The van der Waals surface area contributed by atoms with Crippen LogP contribution in [0.15, 0.2) is 0 Å². The lowest BCUT2D eigenvalue weighted by atomic mass is 9.67. The zero-order valence-electron chi connectivity index (χ0n) is 11.8. The Morgan fingerprint density at radius 1 is 1.39 bits per heavy atom. The van der Waals surface area contributed by atoms with Crippen LogP contribution in [0.2, 0.25) is 0 Å². The summed E-state index contributed by atoms with van der Waals surface area (Å²) in [4.78, 5) is 0. The molecule has 0 spiro atoms. The minimum absolute atomic E-state index is 0.474. The molecule has 0 unspecified atom stereocenters. The van der Waals surface area contributed by atoms with E-state index in [0.29, 0.717) is 11.3 Å². The molecule has 0 aliphatic heterocycles. The van der Waals surface area contributed by atoms with Crippen LogP contribution in [0.3, 0.4) is 0 Å². The van der Waals surface area contributed by atoms with Crippen LogP contribution in [-0.2, 0) is 0 Å². The molecule has 0 aromatic carbocycles. The fourth-order valence-corrected chi connectivity index (χ4v) is 3.52. The van der Waals surface area contributed by atoms with Gasteiger partial charge in [-0.15, -0.1) is 10.2 Å². The average Bonchev–Trinajstić information content (AvgIpc) is 2.72. The zero-order chi connectivity index (χ0) is 13.3. The van der Waals surface area contributed by atoms with E-state index in [9.17, 15) is 5.11 Å². The quantitative estimate of drug-likeness (QED) is 0.880. The van der Waals surface area contributed by atoms with Gasteiger partial charge in [0.2, 0.25) is 0 Å². The van der Waals surface area contributed by atoms with Crippen molar-refractivity contribution in [3.63, 3.8) is 0 Å². The third-order valence-electron chi connectivity index (χ3n) is 4.20. The van der Waals surface area contributed by atoms with Gasteiger partial charge in [0.1, 0.15) is 16.1 Å². The van der Waals surface area contributed by atoms with Crippen LogP contribution in [0.25, 0.3) is 0 Å². The van der Waals surface area contributed by atoms with Gasteiger partial charge in [-0.1, -0.05) is 38.5 Å². The molecule has 1 heterocycles. The van der Waals surface area contributed by atoms with Crippen LogP contribution in [0.4, 0.5) is 0 Å². The molecule has 0 amide bonds. The highest BCUT2D eigenvalue weighted by Gasteiger charge is 2.35. The second-order valence-electron chi connectivity index (χ2n) is 6.41. The summed E-state index contributed by atoms with van der Waals surface area (Å²) in [6.07, 6.45) is 4.59. The molecule has 102 valence electrons. The zero-order valence-corrected chi connectivity index (χ0v) is 12.6. The fourth-order valence-electron chi connectivity index (χ4n) is 2.61. The van der Waals surface area contributed by atoms with Crippen molar-refractivity contribution in [3.05, 3.63) is 10.0 Å². The van der Waals surface area contributed by atoms with Crippen molar-refractivity contribution in [2.24, 2.45) is 11.3 Å². The first kappa shape index (κ1) is 13.9. The minimum Gasteiger partial charge on any atom is -0.386 e. The van der Waals surface area contributed by atoms with Crippen LogP contribution in [0.1, 0.15) is 75.4 Å². The van der Waals surface area contributed by atoms with E-state index in [4.69, 9.17) is 0 Å². The van der Waals surface area contributed by atoms with Gasteiger partial charge in [-0.2, -0.15) is 0 Å². The first-order valence-electron chi connectivity index (χ1n) is 6.92. The molecule has 1 N–H and O–H groups in total. The second-order valence-corrected chi connectivity index (χ2v) is 7.45. The normalized spacial score (nSPS) is 25.8. The van der Waals surface area contributed by atoms with E-state index in [-0.39, 0.29) is 0 Å². The Morgan fingerprint density at radius 2 is 2.06 bits per heavy atom. The van der Waals surface area contributed by atoms with Gasteiger partial charge in [0.15, 0.2) is 0 Å². The van der Waals surface area contributed by atoms with E-state index in [1.807, 2.05) is 0 Å². The van der Waals surface area contributed by atoms with Gasteiger partial charge in [0.05, 0.1) is 0 Å². The van der Waals surface area contributed by atoms with E-state index in [1.54, 1.807) is 18.3 Å². The molecule has 1 fully saturated rings. The fraction of sp³-hybridized carbons (Fsp3) is 0.857. The standard InChI is InChI=1S/C14H24N2OS/c1-5-14(3,4)8-10-6-11(7-10)13-16-15-12(18-13)9(2)17/h9-11,17H,5-8H2,1-4H3/t9-,10?,11?/m0/s1. The number of aliphatic hydroxyl groups is 1. The average molecular weight is 268 g/mol. The Labute approximate surface area is 114 Å². The van der Waals surface area contributed by atoms with Crippen molar-refractivity contribution in [3.8, 4) is 0 Å². The molecule has 0 bridgehead atoms. The largest absolute Gasteiger partial charge is 0.386 e. The van der Waals surface area contributed by atoms with E-state index in [1.165, 1.54) is 25.7 Å². The van der Waals surface area contributed by atoms with Crippen molar-refractivity contribution in [2.75, 3.05) is 0 Å². The second kappa shape index (κ2) is 5.25. The maximum Gasteiger partial charge on any atom is 0.145 e. The van der Waals surface area contributed by atoms with E-state index < -0.39 is 6.10 Å². The van der Waals surface area contributed by atoms with Crippen molar-refractivity contribution in [1.29, 1.82) is 0 Å². The lowest BCUT2D eigenvalue weighted by Crippen LogP contribution is -2.27. The van der Waals surface area contributed by atoms with E-state index in [0.717, 1.165) is 15.9 Å². The molecule has 0 radical (unpaired) electrons. The summed E-state index contributed by atoms with van der Waals surface area (Å²) in [6, 6.07) is 0. The molecule has 3 nitrogen and oxygen atoms in total. The number of hydrogen-bond acceptors (Lipinski definition) is 4. The third kappa shape index (κ3) is 3.09. The first-order chi connectivity index (χ1) is 8.41. The molecule has 1 atom stereocenters. The predicted octanol–water partition coefficient (Wildman–Crippen LogP) is 3.91. The molecule has 1 aromatic rings. The topological polar surface area (TPSA) is 46.0 Å². The highest BCUT2D eigenvalue weighted by Crippen LogP contribution is 2.48. The lowest BCUT2D eigenvalue weighted by molar-refractivity contribution is 0.163. The molecule has 1 aliphatic rings. The summed E-state index contributed by atoms with van der Waals surface area (Å²) in [5, 5.41) is 19.6. The van der Waals surface area contributed by atoms with E-state index in [2.05, 4.69) is 31.0 Å². The Bertz CT molecular complexity index is 394. The van der Waals surface area contributed by atoms with Crippen molar-refractivity contribution in [2.45, 2.75) is 65.4 Å². The minimum atomic E-state index is -0.480. The van der Waals surface area contributed by atoms with Gasteiger partial charge in [-0.25, -0.2) is 0 Å². The molecule has 1 aromatic heterocycles. The number of aliphatic hydroxyl groups excluding tert-OH is 1. The monoisotopic (exact) mass is 268 g/mol. The maximum absolute atomic E-state index is 9.45. The molecule has 4 heteroatoms. The van der Waals surface area contributed by atoms with Gasteiger partial charge < -0.3 is 5.11 Å². The Balaban J connectivity index is 1.85. The predicted molar refractivity (Wildman–Crippen MR) is 74.7 cm³/mol. The van der Waals surface area contributed by atoms with Crippen LogP contribution in [0.5, 0.6) is 0 Å². The van der Waals surface area contributed by atoms with E-state index >= 15 is 0 Å².